The summed E-state index contributed by atoms with van der Waals surface area (Å²) in [4.78, 5) is 0. The molecule has 0 unspecified atom stereocenters. The van der Waals surface area contributed by atoms with Crippen LogP contribution in [-0.2, 0) is 6.54 Å². The molecule has 21 heavy (non-hydrogen) atoms. The van der Waals surface area contributed by atoms with E-state index in [2.05, 4.69) is 37.4 Å². The van der Waals surface area contributed by atoms with E-state index in [1.165, 1.54) is 18.4 Å². The SMILES string of the molecule is CCOc1cc(CNC2CC2)ccc1OCC(CC)CC. The number of nitrogens with one attached hydrogen (secondary N) is 1. The van der Waals surface area contributed by atoms with E-state index < -0.39 is 0 Å². The molecular formula is C18H29NO2. The molecule has 0 aliphatic heterocycles. The van der Waals surface area contributed by atoms with Crippen LogP contribution in [-0.4, -0.2) is 19.3 Å². The predicted octanol–water partition coefficient (Wildman–Crippen LogP) is 4.15. The second-order valence-corrected chi connectivity index (χ2v) is 5.86. The van der Waals surface area contributed by atoms with Crippen molar-refractivity contribution in [3.05, 3.63) is 23.8 Å². The zero-order valence-corrected chi connectivity index (χ0v) is 13.7. The van der Waals surface area contributed by atoms with Crippen LogP contribution in [0.25, 0.3) is 0 Å². The van der Waals surface area contributed by atoms with Gasteiger partial charge >= 0.3 is 0 Å². The van der Waals surface area contributed by atoms with E-state index in [9.17, 15) is 0 Å². The molecule has 1 aromatic rings. The van der Waals surface area contributed by atoms with E-state index in [4.69, 9.17) is 9.47 Å². The van der Waals surface area contributed by atoms with Gasteiger partial charge in [-0.05, 0) is 43.4 Å². The van der Waals surface area contributed by atoms with Crippen molar-refractivity contribution in [1.29, 1.82) is 0 Å². The fourth-order valence-electron chi connectivity index (χ4n) is 2.33. The Labute approximate surface area is 129 Å². The molecule has 0 saturated heterocycles. The molecule has 0 bridgehead atoms. The van der Waals surface area contributed by atoms with Gasteiger partial charge in [0.25, 0.3) is 0 Å². The third-order valence-corrected chi connectivity index (χ3v) is 4.11. The lowest BCUT2D eigenvalue weighted by molar-refractivity contribution is 0.225. The largest absolute Gasteiger partial charge is 0.490 e. The Kier molecular flexibility index (Phi) is 6.37. The first-order valence-corrected chi connectivity index (χ1v) is 8.38. The maximum absolute atomic E-state index is 5.98. The molecule has 1 N–H and O–H groups in total. The van der Waals surface area contributed by atoms with Crippen molar-refractivity contribution in [2.45, 2.75) is 59.0 Å². The molecule has 0 aromatic heterocycles. The molecule has 3 heteroatoms. The molecule has 1 saturated carbocycles. The molecular weight excluding hydrogens is 262 g/mol. The van der Waals surface area contributed by atoms with Crippen LogP contribution >= 0.6 is 0 Å². The topological polar surface area (TPSA) is 30.5 Å². The highest BCUT2D eigenvalue weighted by atomic mass is 16.5. The van der Waals surface area contributed by atoms with Gasteiger partial charge in [0, 0.05) is 12.6 Å². The highest BCUT2D eigenvalue weighted by Crippen LogP contribution is 2.30. The minimum atomic E-state index is 0.621. The summed E-state index contributed by atoms with van der Waals surface area (Å²) in [6, 6.07) is 7.03. The molecule has 0 heterocycles. The number of benzene rings is 1. The van der Waals surface area contributed by atoms with Crippen LogP contribution in [0, 0.1) is 5.92 Å². The summed E-state index contributed by atoms with van der Waals surface area (Å²) in [5, 5.41) is 3.53. The molecule has 0 atom stereocenters. The standard InChI is InChI=1S/C18H29NO2/c1-4-14(5-2)13-21-17-10-7-15(11-18(17)20-6-3)12-19-16-8-9-16/h7,10-11,14,16,19H,4-6,8-9,12-13H2,1-3H3. The van der Waals surface area contributed by atoms with Crippen LogP contribution in [0.1, 0.15) is 52.0 Å². The summed E-state index contributed by atoms with van der Waals surface area (Å²) in [6.45, 7) is 8.80. The molecule has 1 aliphatic rings. The van der Waals surface area contributed by atoms with Crippen molar-refractivity contribution in [2.75, 3.05) is 13.2 Å². The monoisotopic (exact) mass is 291 g/mol. The summed E-state index contributed by atoms with van der Waals surface area (Å²) < 4.78 is 11.7. The minimum absolute atomic E-state index is 0.621. The predicted molar refractivity (Wildman–Crippen MR) is 87.0 cm³/mol. The first-order valence-electron chi connectivity index (χ1n) is 8.38. The molecule has 0 radical (unpaired) electrons. The Bertz CT molecular complexity index is 425. The van der Waals surface area contributed by atoms with Crippen LogP contribution in [0.5, 0.6) is 11.5 Å². The molecule has 3 nitrogen and oxygen atoms in total. The van der Waals surface area contributed by atoms with Crippen LogP contribution in [0.4, 0.5) is 0 Å². The number of hydrogen-bond acceptors (Lipinski definition) is 3. The Balaban J connectivity index is 1.97. The third-order valence-electron chi connectivity index (χ3n) is 4.11. The highest BCUT2D eigenvalue weighted by molar-refractivity contribution is 5.43. The Morgan fingerprint density at radius 2 is 1.86 bits per heavy atom. The van der Waals surface area contributed by atoms with Crippen LogP contribution in [0.3, 0.4) is 0 Å². The fourth-order valence-corrected chi connectivity index (χ4v) is 2.33. The summed E-state index contributed by atoms with van der Waals surface area (Å²) in [5.41, 5.74) is 1.26. The van der Waals surface area contributed by atoms with Crippen molar-refractivity contribution in [3.8, 4) is 11.5 Å². The molecule has 1 aromatic carbocycles. The minimum Gasteiger partial charge on any atom is -0.490 e. The summed E-state index contributed by atoms with van der Waals surface area (Å²) in [7, 11) is 0. The second kappa shape index (κ2) is 8.28. The number of ether oxygens (including phenoxy) is 2. The fraction of sp³-hybridized carbons (Fsp3) is 0.667. The second-order valence-electron chi connectivity index (χ2n) is 5.86. The van der Waals surface area contributed by atoms with Gasteiger partial charge in [0.2, 0.25) is 0 Å². The normalized spacial score (nSPS) is 14.5. The van der Waals surface area contributed by atoms with Crippen molar-refractivity contribution >= 4 is 0 Å². The molecule has 118 valence electrons. The molecule has 2 rings (SSSR count). The smallest absolute Gasteiger partial charge is 0.161 e. The summed E-state index contributed by atoms with van der Waals surface area (Å²) in [6.07, 6.45) is 4.94. The van der Waals surface area contributed by atoms with Gasteiger partial charge in [0.15, 0.2) is 11.5 Å². The Hall–Kier alpha value is -1.22. The van der Waals surface area contributed by atoms with Gasteiger partial charge in [-0.15, -0.1) is 0 Å². The summed E-state index contributed by atoms with van der Waals surface area (Å²) in [5.74, 6) is 2.37. The lowest BCUT2D eigenvalue weighted by Gasteiger charge is -2.17. The lowest BCUT2D eigenvalue weighted by Crippen LogP contribution is -2.15. The first kappa shape index (κ1) is 16.2. The molecule has 1 aliphatic carbocycles. The van der Waals surface area contributed by atoms with Crippen LogP contribution in [0.2, 0.25) is 0 Å². The van der Waals surface area contributed by atoms with Gasteiger partial charge < -0.3 is 14.8 Å². The van der Waals surface area contributed by atoms with Gasteiger partial charge in [-0.2, -0.15) is 0 Å². The maximum Gasteiger partial charge on any atom is 0.161 e. The van der Waals surface area contributed by atoms with Crippen molar-refractivity contribution < 1.29 is 9.47 Å². The molecule has 0 spiro atoms. The quantitative estimate of drug-likeness (QED) is 0.702. The van der Waals surface area contributed by atoms with E-state index in [0.717, 1.165) is 43.5 Å². The van der Waals surface area contributed by atoms with Gasteiger partial charge in [-0.25, -0.2) is 0 Å². The molecule has 1 fully saturated rings. The maximum atomic E-state index is 5.98. The van der Waals surface area contributed by atoms with Crippen molar-refractivity contribution in [3.63, 3.8) is 0 Å². The Morgan fingerprint density at radius 1 is 1.10 bits per heavy atom. The highest BCUT2D eigenvalue weighted by Gasteiger charge is 2.20. The zero-order chi connectivity index (χ0) is 15.1. The van der Waals surface area contributed by atoms with Crippen LogP contribution in [0.15, 0.2) is 18.2 Å². The van der Waals surface area contributed by atoms with E-state index in [1.54, 1.807) is 0 Å². The lowest BCUT2D eigenvalue weighted by atomic mass is 10.1. The average molecular weight is 291 g/mol. The van der Waals surface area contributed by atoms with Crippen LogP contribution < -0.4 is 14.8 Å². The number of hydrogen-bond donors (Lipinski definition) is 1. The van der Waals surface area contributed by atoms with Gasteiger partial charge in [-0.3, -0.25) is 0 Å². The Morgan fingerprint density at radius 3 is 2.48 bits per heavy atom. The number of rotatable bonds is 10. The first-order chi connectivity index (χ1) is 10.3. The zero-order valence-electron chi connectivity index (χ0n) is 13.7. The third kappa shape index (κ3) is 5.24. The average Bonchev–Trinajstić information content (AvgIpc) is 3.32. The van der Waals surface area contributed by atoms with E-state index >= 15 is 0 Å². The van der Waals surface area contributed by atoms with Gasteiger partial charge in [-0.1, -0.05) is 32.8 Å². The van der Waals surface area contributed by atoms with E-state index in [0.29, 0.717) is 12.5 Å². The van der Waals surface area contributed by atoms with Gasteiger partial charge in [0.05, 0.1) is 13.2 Å². The van der Waals surface area contributed by atoms with Gasteiger partial charge in [0.1, 0.15) is 0 Å². The molecule has 0 amide bonds. The van der Waals surface area contributed by atoms with E-state index in [1.807, 2.05) is 6.92 Å². The van der Waals surface area contributed by atoms with Crippen molar-refractivity contribution in [1.82, 2.24) is 5.32 Å². The summed E-state index contributed by atoms with van der Waals surface area (Å²) >= 11 is 0. The van der Waals surface area contributed by atoms with Crippen molar-refractivity contribution in [2.24, 2.45) is 5.92 Å². The van der Waals surface area contributed by atoms with E-state index in [-0.39, 0.29) is 0 Å².